The summed E-state index contributed by atoms with van der Waals surface area (Å²) in [4.78, 5) is 15.0. The van der Waals surface area contributed by atoms with E-state index in [1.807, 2.05) is 18.2 Å². The van der Waals surface area contributed by atoms with E-state index in [1.165, 1.54) is 0 Å². The average Bonchev–Trinajstić information content (AvgIpc) is 3.04. The van der Waals surface area contributed by atoms with Crippen LogP contribution in [-0.4, -0.2) is 28.9 Å². The van der Waals surface area contributed by atoms with Crippen LogP contribution in [0.4, 0.5) is 8.78 Å². The van der Waals surface area contributed by atoms with Crippen LogP contribution >= 0.6 is 35.1 Å². The monoisotopic (exact) mass is 385 g/mol. The molecule has 126 valence electrons. The van der Waals surface area contributed by atoms with E-state index in [4.69, 9.17) is 11.6 Å². The van der Waals surface area contributed by atoms with Crippen LogP contribution in [0.2, 0.25) is 5.02 Å². The Balaban J connectivity index is 1.91. The summed E-state index contributed by atoms with van der Waals surface area (Å²) in [5, 5.41) is 0.403. The van der Waals surface area contributed by atoms with Crippen LogP contribution in [0.15, 0.2) is 53.4 Å². The third-order valence-corrected chi connectivity index (χ3v) is 6.03. The predicted molar refractivity (Wildman–Crippen MR) is 96.0 cm³/mol. The molecule has 2 nitrogen and oxygen atoms in total. The average molecular weight is 386 g/mol. The molecule has 1 saturated heterocycles. The Kier molecular flexibility index (Phi) is 5.69. The summed E-state index contributed by atoms with van der Waals surface area (Å²) in [5.41, 5.74) is 1.18. The molecule has 2 aromatic carbocycles. The maximum atomic E-state index is 13.0. The number of carbonyl (C=O) groups is 1. The lowest BCUT2D eigenvalue weighted by atomic mass is 10.1. The molecule has 1 unspecified atom stereocenters. The van der Waals surface area contributed by atoms with Crippen molar-refractivity contribution < 1.29 is 13.6 Å². The fourth-order valence-corrected chi connectivity index (χ4v) is 4.83. The maximum absolute atomic E-state index is 13.0. The Hall–Kier alpha value is -1.24. The van der Waals surface area contributed by atoms with Gasteiger partial charge >= 0.3 is 0 Å². The molecule has 0 bridgehead atoms. The zero-order valence-electron chi connectivity index (χ0n) is 12.5. The van der Waals surface area contributed by atoms with E-state index >= 15 is 0 Å². The van der Waals surface area contributed by atoms with Crippen molar-refractivity contribution >= 4 is 41.0 Å². The number of nitrogens with zero attached hydrogens (tertiary/aromatic N) is 1. The van der Waals surface area contributed by atoms with Gasteiger partial charge in [-0.15, -0.1) is 11.8 Å². The Labute approximate surface area is 152 Å². The minimum absolute atomic E-state index is 0.198. The number of hydrogen-bond acceptors (Lipinski definition) is 3. The van der Waals surface area contributed by atoms with Crippen LogP contribution in [0.5, 0.6) is 0 Å². The quantitative estimate of drug-likeness (QED) is 0.644. The van der Waals surface area contributed by atoms with Crippen molar-refractivity contribution in [1.82, 2.24) is 4.90 Å². The van der Waals surface area contributed by atoms with Crippen molar-refractivity contribution in [3.63, 3.8) is 0 Å². The Morgan fingerprint density at radius 3 is 2.67 bits per heavy atom. The lowest BCUT2D eigenvalue weighted by Gasteiger charge is -2.25. The standard InChI is InChI=1S/C17H14ClF2NOS2/c18-13-7-3-1-5-11(13)16-21(9-10-23-16)15(22)12-6-2-4-8-14(12)24-17(19)20/h1-8,16-17H,9-10H2. The summed E-state index contributed by atoms with van der Waals surface area (Å²) in [6.07, 6.45) is 0. The second-order valence-corrected chi connectivity index (χ2v) is 7.75. The third-order valence-electron chi connectivity index (χ3n) is 3.66. The van der Waals surface area contributed by atoms with Gasteiger partial charge in [-0.05, 0) is 18.2 Å². The molecule has 24 heavy (non-hydrogen) atoms. The highest BCUT2D eigenvalue weighted by Crippen LogP contribution is 2.42. The normalized spacial score (nSPS) is 17.5. The van der Waals surface area contributed by atoms with Crippen molar-refractivity contribution in [3.05, 3.63) is 64.7 Å². The van der Waals surface area contributed by atoms with E-state index in [2.05, 4.69) is 0 Å². The number of alkyl halides is 2. The number of halogens is 3. The Morgan fingerprint density at radius 2 is 1.92 bits per heavy atom. The first-order valence-electron chi connectivity index (χ1n) is 7.29. The Bertz CT molecular complexity index is 744. The van der Waals surface area contributed by atoms with E-state index in [0.29, 0.717) is 33.8 Å². The van der Waals surface area contributed by atoms with E-state index in [0.717, 1.165) is 11.3 Å². The first-order valence-corrected chi connectivity index (χ1v) is 9.59. The molecule has 7 heteroatoms. The molecule has 0 radical (unpaired) electrons. The summed E-state index contributed by atoms with van der Waals surface area (Å²) in [6, 6.07) is 13.9. The van der Waals surface area contributed by atoms with Crippen molar-refractivity contribution in [2.75, 3.05) is 12.3 Å². The second kappa shape index (κ2) is 7.76. The minimum atomic E-state index is -2.56. The first-order chi connectivity index (χ1) is 11.6. The minimum Gasteiger partial charge on any atom is -0.322 e. The summed E-state index contributed by atoms with van der Waals surface area (Å²) < 4.78 is 25.5. The molecule has 0 aromatic heterocycles. The lowest BCUT2D eigenvalue weighted by molar-refractivity contribution is 0.0757. The molecule has 1 fully saturated rings. The van der Waals surface area contributed by atoms with E-state index in [1.54, 1.807) is 47.0 Å². The van der Waals surface area contributed by atoms with Gasteiger partial charge in [-0.2, -0.15) is 8.78 Å². The van der Waals surface area contributed by atoms with Crippen molar-refractivity contribution in [1.29, 1.82) is 0 Å². The molecule has 1 aliphatic heterocycles. The largest absolute Gasteiger partial charge is 0.322 e. The molecular weight excluding hydrogens is 372 g/mol. The van der Waals surface area contributed by atoms with Gasteiger partial charge in [0, 0.05) is 27.8 Å². The van der Waals surface area contributed by atoms with Crippen LogP contribution in [0.25, 0.3) is 0 Å². The molecule has 0 N–H and O–H groups in total. The van der Waals surface area contributed by atoms with E-state index in [9.17, 15) is 13.6 Å². The van der Waals surface area contributed by atoms with Crippen LogP contribution in [-0.2, 0) is 0 Å². The van der Waals surface area contributed by atoms with Gasteiger partial charge in [-0.25, -0.2) is 0 Å². The molecule has 3 rings (SSSR count). The maximum Gasteiger partial charge on any atom is 0.288 e. The number of amides is 1. The molecule has 1 heterocycles. The third kappa shape index (κ3) is 3.71. The molecule has 0 saturated carbocycles. The highest BCUT2D eigenvalue weighted by Gasteiger charge is 2.33. The SMILES string of the molecule is O=C(c1ccccc1SC(F)F)N1CCSC1c1ccccc1Cl. The summed E-state index contributed by atoms with van der Waals surface area (Å²) in [7, 11) is 0. The molecule has 0 spiro atoms. The fourth-order valence-electron chi connectivity index (χ4n) is 2.61. The van der Waals surface area contributed by atoms with Crippen LogP contribution < -0.4 is 0 Å². The van der Waals surface area contributed by atoms with Crippen molar-refractivity contribution in [2.45, 2.75) is 16.0 Å². The summed E-state index contributed by atoms with van der Waals surface area (Å²) >= 11 is 8.29. The number of benzene rings is 2. The topological polar surface area (TPSA) is 20.3 Å². The second-order valence-electron chi connectivity index (χ2n) is 5.12. The number of hydrogen-bond donors (Lipinski definition) is 0. The lowest BCUT2D eigenvalue weighted by Crippen LogP contribution is -2.31. The first kappa shape index (κ1) is 17.6. The molecule has 0 aliphatic carbocycles. The molecule has 2 aromatic rings. The van der Waals surface area contributed by atoms with Gasteiger partial charge in [0.15, 0.2) is 0 Å². The molecule has 1 atom stereocenters. The van der Waals surface area contributed by atoms with Crippen LogP contribution in [0, 0.1) is 0 Å². The Morgan fingerprint density at radius 1 is 1.21 bits per heavy atom. The highest BCUT2D eigenvalue weighted by molar-refractivity contribution is 8.00. The predicted octanol–water partition coefficient (Wildman–Crippen LogP) is 5.54. The highest BCUT2D eigenvalue weighted by atomic mass is 35.5. The van der Waals surface area contributed by atoms with Crippen molar-refractivity contribution in [3.8, 4) is 0 Å². The van der Waals surface area contributed by atoms with E-state index < -0.39 is 5.76 Å². The van der Waals surface area contributed by atoms with Crippen LogP contribution in [0.1, 0.15) is 21.3 Å². The zero-order chi connectivity index (χ0) is 17.1. The van der Waals surface area contributed by atoms with Gasteiger partial charge in [0.05, 0.1) is 5.56 Å². The van der Waals surface area contributed by atoms with Crippen molar-refractivity contribution in [2.24, 2.45) is 0 Å². The molecular formula is C17H14ClF2NOS2. The van der Waals surface area contributed by atoms with Gasteiger partial charge in [0.25, 0.3) is 11.7 Å². The van der Waals surface area contributed by atoms with Gasteiger partial charge in [-0.3, -0.25) is 4.79 Å². The molecule has 1 aliphatic rings. The van der Waals surface area contributed by atoms with Crippen LogP contribution in [0.3, 0.4) is 0 Å². The smallest absolute Gasteiger partial charge is 0.288 e. The summed E-state index contributed by atoms with van der Waals surface area (Å²) in [6.45, 7) is 0.563. The number of rotatable bonds is 4. The van der Waals surface area contributed by atoms with Gasteiger partial charge in [0.2, 0.25) is 0 Å². The van der Waals surface area contributed by atoms with Gasteiger partial charge in [-0.1, -0.05) is 53.7 Å². The van der Waals surface area contributed by atoms with Gasteiger partial charge in [0.1, 0.15) is 5.37 Å². The van der Waals surface area contributed by atoms with Gasteiger partial charge < -0.3 is 4.90 Å². The fraction of sp³-hybridized carbons (Fsp3) is 0.235. The molecule has 1 amide bonds. The van der Waals surface area contributed by atoms with E-state index in [-0.39, 0.29) is 11.3 Å². The zero-order valence-corrected chi connectivity index (χ0v) is 14.9. The number of thioether (sulfide) groups is 2. The number of carbonyl (C=O) groups excluding carboxylic acids is 1. The summed E-state index contributed by atoms with van der Waals surface area (Å²) in [5.74, 6) is -2.02.